The average molecular weight is 540 g/mol. The Morgan fingerprint density at radius 2 is 1.65 bits per heavy atom. The van der Waals surface area contributed by atoms with E-state index < -0.39 is 28.1 Å². The highest BCUT2D eigenvalue weighted by Crippen LogP contribution is 2.75. The molecule has 4 N–H and O–H groups in total. The van der Waals surface area contributed by atoms with Gasteiger partial charge in [-0.1, -0.05) is 46.3 Å². The Hall–Kier alpha value is -0.470. The van der Waals surface area contributed by atoms with E-state index in [9.17, 15) is 18.6 Å². The maximum absolute atomic E-state index is 11.8. The van der Waals surface area contributed by atoms with Crippen LogP contribution in [0.2, 0.25) is 0 Å². The van der Waals surface area contributed by atoms with Crippen LogP contribution in [0.25, 0.3) is 0 Å². The number of nitrogens with two attached hydrogens (primary N) is 1. The molecular formula is C30H53NO5S. The van der Waals surface area contributed by atoms with Crippen LogP contribution in [-0.2, 0) is 14.5 Å². The summed E-state index contributed by atoms with van der Waals surface area (Å²) in [6, 6.07) is 0. The highest BCUT2D eigenvalue weighted by atomic mass is 32.2. The number of rotatable bonds is 6. The third-order valence-corrected chi connectivity index (χ3v) is 13.1. The molecule has 0 unspecified atom stereocenters. The largest absolute Gasteiger partial charge is 0.393 e. The summed E-state index contributed by atoms with van der Waals surface area (Å²) >= 11 is 0. The lowest BCUT2D eigenvalue weighted by atomic mass is 9.35. The summed E-state index contributed by atoms with van der Waals surface area (Å²) < 4.78 is 29.1. The normalized spacial score (nSPS) is 46.8. The van der Waals surface area contributed by atoms with Crippen molar-refractivity contribution in [3.8, 4) is 0 Å². The van der Waals surface area contributed by atoms with Gasteiger partial charge in [-0.15, -0.1) is 0 Å². The molecule has 0 heterocycles. The van der Waals surface area contributed by atoms with Gasteiger partial charge in [0.15, 0.2) is 0 Å². The summed E-state index contributed by atoms with van der Waals surface area (Å²) in [5.74, 6) is 0.803. The molecule has 10 atom stereocenters. The van der Waals surface area contributed by atoms with Crippen LogP contribution in [0.5, 0.6) is 0 Å². The standard InChI is InChI=1S/C30H53NO5S/c1-19(2)10-9-14-30(8,33)20-11-16-29(7)25(20)21(32)18-23-27(5)15-13-24(36-37(31,34)35)26(3,4)22(27)12-17-28(23,29)6/h10,20-25,32-33H,9,11-18H2,1-8H3,(H2,31,34,35)/t20-,21+,22-,23+,24-,25-,27-,28+,29+,30+/m0/s1. The zero-order chi connectivity index (χ0) is 27.8. The fourth-order valence-electron chi connectivity index (χ4n) is 10.6. The van der Waals surface area contributed by atoms with Crippen molar-refractivity contribution in [2.24, 2.45) is 50.5 Å². The molecule has 0 aromatic carbocycles. The van der Waals surface area contributed by atoms with Crippen LogP contribution in [0.4, 0.5) is 0 Å². The second-order valence-corrected chi connectivity index (χ2v) is 16.3. The molecule has 0 spiro atoms. The quantitative estimate of drug-likeness (QED) is 0.374. The molecule has 0 aliphatic heterocycles. The van der Waals surface area contributed by atoms with Crippen LogP contribution in [-0.4, -0.2) is 36.4 Å². The lowest BCUT2D eigenvalue weighted by Crippen LogP contribution is -2.66. The Kier molecular flexibility index (Phi) is 7.41. The molecule has 7 heteroatoms. The van der Waals surface area contributed by atoms with E-state index in [4.69, 9.17) is 9.32 Å². The minimum absolute atomic E-state index is 0.0201. The average Bonchev–Trinajstić information content (AvgIpc) is 3.12. The van der Waals surface area contributed by atoms with E-state index >= 15 is 0 Å². The Bertz CT molecular complexity index is 1020. The van der Waals surface area contributed by atoms with Crippen molar-refractivity contribution in [3.05, 3.63) is 11.6 Å². The zero-order valence-electron chi connectivity index (χ0n) is 24.5. The number of hydrogen-bond donors (Lipinski definition) is 3. The van der Waals surface area contributed by atoms with E-state index in [1.54, 1.807) is 0 Å². The van der Waals surface area contributed by atoms with E-state index in [1.165, 1.54) is 5.57 Å². The molecule has 0 radical (unpaired) electrons. The summed E-state index contributed by atoms with van der Waals surface area (Å²) in [7, 11) is -4.02. The Morgan fingerprint density at radius 1 is 1.03 bits per heavy atom. The molecular weight excluding hydrogens is 486 g/mol. The van der Waals surface area contributed by atoms with E-state index in [1.807, 2.05) is 6.92 Å². The topological polar surface area (TPSA) is 110 Å². The molecule has 4 aliphatic carbocycles. The fraction of sp³-hybridized carbons (Fsp3) is 0.933. The van der Waals surface area contributed by atoms with Crippen LogP contribution in [0.1, 0.15) is 113 Å². The van der Waals surface area contributed by atoms with Crippen molar-refractivity contribution >= 4 is 10.3 Å². The molecule has 0 aromatic heterocycles. The van der Waals surface area contributed by atoms with Crippen LogP contribution in [0.3, 0.4) is 0 Å². The summed E-state index contributed by atoms with van der Waals surface area (Å²) in [6.45, 7) is 17.8. The molecule has 214 valence electrons. The van der Waals surface area contributed by atoms with Crippen molar-refractivity contribution < 1.29 is 22.8 Å². The summed E-state index contributed by atoms with van der Waals surface area (Å²) in [6.07, 6.45) is 9.26. The predicted molar refractivity (Wildman–Crippen MR) is 148 cm³/mol. The van der Waals surface area contributed by atoms with Gasteiger partial charge in [0.1, 0.15) is 0 Å². The minimum atomic E-state index is -4.02. The molecule has 0 bridgehead atoms. The Morgan fingerprint density at radius 3 is 2.24 bits per heavy atom. The summed E-state index contributed by atoms with van der Waals surface area (Å²) in [5, 5.41) is 28.8. The molecule has 4 aliphatic rings. The van der Waals surface area contributed by atoms with Gasteiger partial charge in [0.05, 0.1) is 17.8 Å². The number of aliphatic hydroxyl groups excluding tert-OH is 1. The van der Waals surface area contributed by atoms with E-state index in [0.717, 1.165) is 51.4 Å². The summed E-state index contributed by atoms with van der Waals surface area (Å²) in [5.41, 5.74) is 0.120. The maximum Gasteiger partial charge on any atom is 0.333 e. The van der Waals surface area contributed by atoms with Crippen LogP contribution in [0, 0.1) is 45.3 Å². The monoisotopic (exact) mass is 539 g/mol. The lowest BCUT2D eigenvalue weighted by Gasteiger charge is -2.70. The second-order valence-electron chi connectivity index (χ2n) is 15.1. The zero-order valence-corrected chi connectivity index (χ0v) is 25.3. The highest BCUT2D eigenvalue weighted by molar-refractivity contribution is 7.84. The van der Waals surface area contributed by atoms with Crippen molar-refractivity contribution in [3.63, 3.8) is 0 Å². The molecule has 37 heavy (non-hydrogen) atoms. The molecule has 0 saturated heterocycles. The van der Waals surface area contributed by atoms with Gasteiger partial charge in [-0.05, 0) is 124 Å². The molecule has 4 fully saturated rings. The van der Waals surface area contributed by atoms with Gasteiger partial charge in [0, 0.05) is 0 Å². The number of allylic oxidation sites excluding steroid dienone is 2. The van der Waals surface area contributed by atoms with E-state index in [2.05, 4.69) is 54.5 Å². The minimum Gasteiger partial charge on any atom is -0.393 e. The van der Waals surface area contributed by atoms with Gasteiger partial charge in [-0.25, -0.2) is 5.14 Å². The molecule has 4 saturated carbocycles. The second kappa shape index (κ2) is 9.29. The first kappa shape index (κ1) is 29.5. The first-order valence-electron chi connectivity index (χ1n) is 14.5. The Balaban J connectivity index is 1.65. The van der Waals surface area contributed by atoms with Crippen LogP contribution < -0.4 is 5.14 Å². The van der Waals surface area contributed by atoms with Crippen molar-refractivity contribution in [2.45, 2.75) is 131 Å². The number of fused-ring (bicyclic) bond motifs is 5. The van der Waals surface area contributed by atoms with Crippen molar-refractivity contribution in [2.75, 3.05) is 0 Å². The van der Waals surface area contributed by atoms with Gasteiger partial charge in [-0.2, -0.15) is 8.42 Å². The van der Waals surface area contributed by atoms with Crippen LogP contribution >= 0.6 is 0 Å². The summed E-state index contributed by atoms with van der Waals surface area (Å²) in [4.78, 5) is 0. The number of hydrogen-bond acceptors (Lipinski definition) is 5. The van der Waals surface area contributed by atoms with Gasteiger partial charge in [0.25, 0.3) is 0 Å². The van der Waals surface area contributed by atoms with Gasteiger partial charge in [0.2, 0.25) is 0 Å². The van der Waals surface area contributed by atoms with E-state index in [-0.39, 0.29) is 39.4 Å². The maximum atomic E-state index is 11.8. The predicted octanol–water partition coefficient (Wildman–Crippen LogP) is 5.73. The van der Waals surface area contributed by atoms with Gasteiger partial charge >= 0.3 is 10.3 Å². The van der Waals surface area contributed by atoms with Gasteiger partial charge in [-0.3, -0.25) is 4.18 Å². The van der Waals surface area contributed by atoms with Crippen molar-refractivity contribution in [1.82, 2.24) is 0 Å². The fourth-order valence-corrected chi connectivity index (χ4v) is 11.3. The third kappa shape index (κ3) is 4.67. The first-order valence-corrected chi connectivity index (χ1v) is 16.0. The van der Waals surface area contributed by atoms with Crippen LogP contribution in [0.15, 0.2) is 11.6 Å². The molecule has 0 aromatic rings. The van der Waals surface area contributed by atoms with Gasteiger partial charge < -0.3 is 10.2 Å². The molecule has 6 nitrogen and oxygen atoms in total. The lowest BCUT2D eigenvalue weighted by molar-refractivity contribution is -0.244. The SMILES string of the molecule is CC(C)=CCC[C@@](C)(O)[C@H]1CC[C@]2(C)[C@@H]1[C@H](O)C[C@@H]1[C@@]3(C)CC[C@H](OS(N)(=O)=O)C(C)(C)[C@@H]3CC[C@]12C. The number of aliphatic hydroxyl groups is 2. The Labute approximate surface area is 226 Å². The van der Waals surface area contributed by atoms with Crippen molar-refractivity contribution in [1.29, 1.82) is 0 Å². The molecule has 0 amide bonds. The first-order chi connectivity index (χ1) is 16.8. The third-order valence-electron chi connectivity index (χ3n) is 12.6. The molecule has 4 rings (SSSR count). The van der Waals surface area contributed by atoms with E-state index in [0.29, 0.717) is 12.3 Å². The smallest absolute Gasteiger partial charge is 0.333 e. The highest BCUT2D eigenvalue weighted by Gasteiger charge is 2.71.